The summed E-state index contributed by atoms with van der Waals surface area (Å²) in [6.45, 7) is 15.4. The van der Waals surface area contributed by atoms with Crippen molar-refractivity contribution in [3.05, 3.63) is 21.6 Å². The van der Waals surface area contributed by atoms with Crippen molar-refractivity contribution in [2.75, 3.05) is 32.8 Å². The number of nitrogens with one attached hydrogen (secondary N) is 2. The van der Waals surface area contributed by atoms with Gasteiger partial charge in [0.25, 0.3) is 0 Å². The molecule has 0 aliphatic heterocycles. The van der Waals surface area contributed by atoms with E-state index in [9.17, 15) is 19.8 Å². The lowest BCUT2D eigenvalue weighted by Crippen LogP contribution is -2.43. The van der Waals surface area contributed by atoms with Crippen molar-refractivity contribution in [2.24, 2.45) is 5.92 Å². The van der Waals surface area contributed by atoms with Crippen LogP contribution in [0.2, 0.25) is 0 Å². The fraction of sp³-hybridized carbons (Fsp3) is 0.565. The number of aliphatic hydroxyl groups excluding tert-OH is 2. The van der Waals surface area contributed by atoms with E-state index in [2.05, 4.69) is 23.8 Å². The smallest absolute Gasteiger partial charge is 0.220 e. The fourth-order valence-corrected chi connectivity index (χ4v) is 3.99. The third-order valence-corrected chi connectivity index (χ3v) is 5.75. The van der Waals surface area contributed by atoms with Crippen molar-refractivity contribution < 1.29 is 30.0 Å². The lowest BCUT2D eigenvalue weighted by atomic mass is 9.70. The lowest BCUT2D eigenvalue weighted by molar-refractivity contribution is -0.122. The molecule has 31 heavy (non-hydrogen) atoms. The highest BCUT2D eigenvalue weighted by molar-refractivity contribution is 5.78. The molecule has 0 aliphatic rings. The number of amides is 1. The second-order valence-corrected chi connectivity index (χ2v) is 8.93. The van der Waals surface area contributed by atoms with Crippen molar-refractivity contribution in [3.63, 3.8) is 0 Å². The van der Waals surface area contributed by atoms with E-state index in [0.29, 0.717) is 17.7 Å². The molecule has 0 saturated heterocycles. The van der Waals surface area contributed by atoms with Gasteiger partial charge in [0.15, 0.2) is 0 Å². The number of aromatic hydroxyl groups is 2. The number of benzene rings is 1. The summed E-state index contributed by atoms with van der Waals surface area (Å²) in [4.78, 5) is 24.0. The van der Waals surface area contributed by atoms with Gasteiger partial charge in [0.05, 0.1) is 13.2 Å². The van der Waals surface area contributed by atoms with E-state index in [1.54, 1.807) is 27.7 Å². The lowest BCUT2D eigenvalue weighted by Gasteiger charge is -2.34. The summed E-state index contributed by atoms with van der Waals surface area (Å²) < 4.78 is 0. The van der Waals surface area contributed by atoms with Gasteiger partial charge in [0, 0.05) is 64.4 Å². The zero-order chi connectivity index (χ0) is 24.0. The number of hydrogen-bond donors (Lipinski definition) is 6. The largest absolute Gasteiger partial charge is 0.507 e. The minimum atomic E-state index is -0.906. The molecule has 174 valence electrons. The van der Waals surface area contributed by atoms with Gasteiger partial charge in [0.1, 0.15) is 17.8 Å². The number of carbonyl (C=O) groups excluding carboxylic acids is 2. The first kappa shape index (κ1) is 26.6. The molecule has 8 heteroatoms. The second-order valence-electron chi connectivity index (χ2n) is 8.93. The summed E-state index contributed by atoms with van der Waals surface area (Å²) in [7, 11) is 0. The van der Waals surface area contributed by atoms with Crippen LogP contribution in [0.15, 0.2) is 0 Å². The number of phenolic OH excluding ortho intramolecular Hbond substituents is 2. The third kappa shape index (κ3) is 5.84. The number of phenols is 2. The molecule has 1 unspecified atom stereocenters. The van der Waals surface area contributed by atoms with E-state index >= 15 is 0 Å². The predicted octanol–water partition coefficient (Wildman–Crippen LogP) is -0.631. The summed E-state index contributed by atoms with van der Waals surface area (Å²) in [6.07, 6.45) is 0.763. The number of aldehydes is 1. The van der Waals surface area contributed by atoms with Gasteiger partial charge in [-0.2, -0.15) is 0 Å². The summed E-state index contributed by atoms with van der Waals surface area (Å²) >= 11 is 0. The van der Waals surface area contributed by atoms with Crippen LogP contribution in [-0.2, 0) is 20.4 Å². The SMILES string of the molecule is C=c1c(O)c(C(C)(C)C(C=O)CNCCO)c(=C)c(O)c1C(C)(C)CC(=O)NCCO. The highest BCUT2D eigenvalue weighted by Gasteiger charge is 2.37. The molecule has 0 fully saturated rings. The van der Waals surface area contributed by atoms with Crippen molar-refractivity contribution in [3.8, 4) is 11.5 Å². The Morgan fingerprint density at radius 2 is 1.52 bits per heavy atom. The molecular weight excluding hydrogens is 400 g/mol. The van der Waals surface area contributed by atoms with Crippen LogP contribution in [0.5, 0.6) is 11.5 Å². The Morgan fingerprint density at radius 3 is 2.03 bits per heavy atom. The Labute approximate surface area is 183 Å². The summed E-state index contributed by atoms with van der Waals surface area (Å²) in [6, 6.07) is 0. The molecular formula is C23H36N2O6. The first-order chi connectivity index (χ1) is 14.4. The van der Waals surface area contributed by atoms with Crippen molar-refractivity contribution in [2.45, 2.75) is 44.9 Å². The maximum atomic E-state index is 12.2. The van der Waals surface area contributed by atoms with E-state index in [1.165, 1.54) is 0 Å². The van der Waals surface area contributed by atoms with Gasteiger partial charge in [-0.3, -0.25) is 4.79 Å². The minimum Gasteiger partial charge on any atom is -0.507 e. The first-order valence-corrected chi connectivity index (χ1v) is 10.3. The molecule has 6 N–H and O–H groups in total. The normalized spacial score (nSPS) is 13.1. The maximum Gasteiger partial charge on any atom is 0.220 e. The Morgan fingerprint density at radius 1 is 1.00 bits per heavy atom. The zero-order valence-electron chi connectivity index (χ0n) is 18.9. The fourth-order valence-electron chi connectivity index (χ4n) is 3.99. The highest BCUT2D eigenvalue weighted by atomic mass is 16.3. The molecule has 0 heterocycles. The molecule has 1 aromatic rings. The van der Waals surface area contributed by atoms with Gasteiger partial charge < -0.3 is 35.9 Å². The maximum absolute atomic E-state index is 12.2. The van der Waals surface area contributed by atoms with Crippen LogP contribution in [-0.4, -0.2) is 65.5 Å². The Bertz CT molecular complexity index is 895. The van der Waals surface area contributed by atoms with Crippen LogP contribution >= 0.6 is 0 Å². The van der Waals surface area contributed by atoms with Crippen LogP contribution in [0, 0.1) is 5.92 Å². The van der Waals surface area contributed by atoms with E-state index < -0.39 is 16.7 Å². The van der Waals surface area contributed by atoms with Gasteiger partial charge in [0.2, 0.25) is 5.91 Å². The quantitative estimate of drug-likeness (QED) is 0.146. The molecule has 0 radical (unpaired) electrons. The second kappa shape index (κ2) is 10.7. The summed E-state index contributed by atoms with van der Waals surface area (Å²) in [5, 5.41) is 45.8. The topological polar surface area (TPSA) is 139 Å². The molecule has 1 atom stereocenters. The molecule has 0 spiro atoms. The third-order valence-electron chi connectivity index (χ3n) is 5.75. The predicted molar refractivity (Wildman–Crippen MR) is 120 cm³/mol. The molecule has 0 saturated carbocycles. The van der Waals surface area contributed by atoms with Crippen LogP contribution in [0.3, 0.4) is 0 Å². The van der Waals surface area contributed by atoms with E-state index in [0.717, 1.165) is 6.29 Å². The summed E-state index contributed by atoms with van der Waals surface area (Å²) in [5.41, 5.74) is -1.19. The zero-order valence-corrected chi connectivity index (χ0v) is 18.9. The average molecular weight is 437 g/mol. The Balaban J connectivity index is 3.51. The molecule has 0 aliphatic carbocycles. The standard InChI is InChI=1S/C23H36N2O6/c1-14-18(22(3,4)11-17(29)25-8-10-27)20(30)15(2)19(21(14)31)23(5,6)16(13-28)12-24-7-9-26/h13,16,24,26-27,30-31H,1-2,7-12H2,3-6H3,(H,25,29). The molecule has 1 rings (SSSR count). The van der Waals surface area contributed by atoms with Gasteiger partial charge in [-0.05, 0) is 0 Å². The van der Waals surface area contributed by atoms with Gasteiger partial charge >= 0.3 is 0 Å². The number of carbonyl (C=O) groups is 2. The van der Waals surface area contributed by atoms with Crippen molar-refractivity contribution in [1.82, 2.24) is 10.6 Å². The van der Waals surface area contributed by atoms with E-state index in [-0.39, 0.29) is 60.6 Å². The number of hydrogen-bond acceptors (Lipinski definition) is 7. The van der Waals surface area contributed by atoms with Crippen LogP contribution in [0.4, 0.5) is 0 Å². The highest BCUT2D eigenvalue weighted by Crippen LogP contribution is 2.37. The van der Waals surface area contributed by atoms with Crippen LogP contribution in [0.1, 0.15) is 45.2 Å². The molecule has 0 aromatic heterocycles. The Kier molecular flexibility index (Phi) is 9.23. The average Bonchev–Trinajstić information content (AvgIpc) is 2.67. The molecule has 1 amide bonds. The van der Waals surface area contributed by atoms with E-state index in [4.69, 9.17) is 10.2 Å². The first-order valence-electron chi connectivity index (χ1n) is 10.3. The Hall–Kier alpha value is -2.42. The van der Waals surface area contributed by atoms with Crippen molar-refractivity contribution in [1.29, 1.82) is 0 Å². The van der Waals surface area contributed by atoms with Gasteiger partial charge in [-0.1, -0.05) is 40.9 Å². The molecule has 1 aromatic carbocycles. The van der Waals surface area contributed by atoms with Gasteiger partial charge in [-0.25, -0.2) is 0 Å². The van der Waals surface area contributed by atoms with Crippen molar-refractivity contribution >= 4 is 25.4 Å². The van der Waals surface area contributed by atoms with Crippen LogP contribution < -0.4 is 21.1 Å². The summed E-state index contributed by atoms with van der Waals surface area (Å²) in [5.74, 6) is -1.25. The monoisotopic (exact) mass is 436 g/mol. The minimum absolute atomic E-state index is 0.00720. The number of aliphatic hydroxyl groups is 2. The molecule has 8 nitrogen and oxygen atoms in total. The number of rotatable bonds is 12. The molecule has 0 bridgehead atoms. The van der Waals surface area contributed by atoms with Gasteiger partial charge in [-0.15, -0.1) is 0 Å². The van der Waals surface area contributed by atoms with E-state index in [1.807, 2.05) is 0 Å². The van der Waals surface area contributed by atoms with Crippen LogP contribution in [0.25, 0.3) is 13.2 Å².